The number of aliphatic hydroxyl groups is 1. The molecule has 35 heavy (non-hydrogen) atoms. The Bertz CT molecular complexity index is 1090. The molecule has 1 aromatic carbocycles. The highest BCUT2D eigenvalue weighted by atomic mass is 16.5. The van der Waals surface area contributed by atoms with Crippen LogP contribution in [0.3, 0.4) is 0 Å². The molecule has 3 heterocycles. The summed E-state index contributed by atoms with van der Waals surface area (Å²) in [6.07, 6.45) is 3.25. The van der Waals surface area contributed by atoms with Gasteiger partial charge in [-0.25, -0.2) is 0 Å². The predicted molar refractivity (Wildman–Crippen MR) is 132 cm³/mol. The standard InChI is InChI=1S/C27H33N3O5/c1-18(2)17-35-22-5-4-21(16-19(22)3)25(31)23-24(20-6-8-28-9-7-20)30(27(33)26(23)32)11-10-29-12-14-34-15-13-29/h4-9,16,18,24,31H,10-15,17H2,1-3H3/b25-23-. The molecular weight excluding hydrogens is 446 g/mol. The van der Waals surface area contributed by atoms with Crippen molar-refractivity contribution in [2.24, 2.45) is 5.92 Å². The SMILES string of the molecule is Cc1cc(/C(O)=C2/C(=O)C(=O)N(CCN3CCOCC3)C2c2ccncc2)ccc1OCC(C)C. The normalized spacial score (nSPS) is 20.6. The Labute approximate surface area is 206 Å². The third-order valence-corrected chi connectivity index (χ3v) is 6.34. The second-order valence-electron chi connectivity index (χ2n) is 9.41. The van der Waals surface area contributed by atoms with E-state index in [1.165, 1.54) is 0 Å². The topological polar surface area (TPSA) is 92.2 Å². The molecule has 0 spiro atoms. The maximum absolute atomic E-state index is 13.2. The molecule has 1 aromatic heterocycles. The van der Waals surface area contributed by atoms with Crippen molar-refractivity contribution in [3.63, 3.8) is 0 Å². The number of hydrogen-bond acceptors (Lipinski definition) is 7. The van der Waals surface area contributed by atoms with E-state index in [1.54, 1.807) is 47.6 Å². The van der Waals surface area contributed by atoms with Crippen LogP contribution in [0.2, 0.25) is 0 Å². The molecule has 2 saturated heterocycles. The van der Waals surface area contributed by atoms with Crippen molar-refractivity contribution in [2.75, 3.05) is 46.0 Å². The number of aromatic nitrogens is 1. The van der Waals surface area contributed by atoms with Crippen molar-refractivity contribution < 1.29 is 24.2 Å². The first-order valence-corrected chi connectivity index (χ1v) is 12.1. The predicted octanol–water partition coefficient (Wildman–Crippen LogP) is 3.18. The Balaban J connectivity index is 1.67. The largest absolute Gasteiger partial charge is 0.507 e. The number of carbonyl (C=O) groups is 2. The van der Waals surface area contributed by atoms with Gasteiger partial charge in [0, 0.05) is 44.1 Å². The summed E-state index contributed by atoms with van der Waals surface area (Å²) >= 11 is 0. The van der Waals surface area contributed by atoms with E-state index < -0.39 is 17.7 Å². The molecule has 4 rings (SSSR count). The molecular formula is C27H33N3O5. The van der Waals surface area contributed by atoms with Crippen molar-refractivity contribution in [3.05, 3.63) is 65.0 Å². The van der Waals surface area contributed by atoms with Gasteiger partial charge >= 0.3 is 0 Å². The molecule has 186 valence electrons. The zero-order valence-electron chi connectivity index (χ0n) is 20.6. The van der Waals surface area contributed by atoms with Crippen LogP contribution in [-0.4, -0.2) is 77.6 Å². The Morgan fingerprint density at radius 1 is 1.14 bits per heavy atom. The minimum absolute atomic E-state index is 0.0958. The minimum atomic E-state index is -0.684. The van der Waals surface area contributed by atoms with E-state index >= 15 is 0 Å². The van der Waals surface area contributed by atoms with Crippen molar-refractivity contribution in [3.8, 4) is 5.75 Å². The highest BCUT2D eigenvalue weighted by Crippen LogP contribution is 2.39. The first-order chi connectivity index (χ1) is 16.9. The molecule has 1 atom stereocenters. The maximum Gasteiger partial charge on any atom is 0.295 e. The van der Waals surface area contributed by atoms with Crippen molar-refractivity contribution >= 4 is 17.4 Å². The van der Waals surface area contributed by atoms with Gasteiger partial charge in [-0.3, -0.25) is 19.5 Å². The van der Waals surface area contributed by atoms with E-state index in [9.17, 15) is 14.7 Å². The number of benzene rings is 1. The van der Waals surface area contributed by atoms with Gasteiger partial charge in [-0.1, -0.05) is 13.8 Å². The Kier molecular flexibility index (Phi) is 7.83. The van der Waals surface area contributed by atoms with Crippen LogP contribution in [0.25, 0.3) is 5.76 Å². The molecule has 2 aliphatic heterocycles. The number of Topliss-reactive ketones (excluding diaryl/α,β-unsaturated/α-hetero) is 1. The smallest absolute Gasteiger partial charge is 0.295 e. The van der Waals surface area contributed by atoms with Crippen molar-refractivity contribution in [1.82, 2.24) is 14.8 Å². The zero-order valence-corrected chi connectivity index (χ0v) is 20.6. The van der Waals surface area contributed by atoms with Crippen LogP contribution >= 0.6 is 0 Å². The fourth-order valence-corrected chi connectivity index (χ4v) is 4.45. The van der Waals surface area contributed by atoms with Crippen LogP contribution in [0.5, 0.6) is 5.75 Å². The Hall–Kier alpha value is -3.23. The molecule has 0 saturated carbocycles. The van der Waals surface area contributed by atoms with Gasteiger partial charge in [-0.05, 0) is 54.3 Å². The number of nitrogens with zero attached hydrogens (tertiary/aromatic N) is 3. The number of aryl methyl sites for hydroxylation is 1. The summed E-state index contributed by atoms with van der Waals surface area (Å²) in [7, 11) is 0. The molecule has 0 bridgehead atoms. The minimum Gasteiger partial charge on any atom is -0.507 e. The molecule has 1 N–H and O–H groups in total. The lowest BCUT2D eigenvalue weighted by atomic mass is 9.95. The van der Waals surface area contributed by atoms with E-state index in [0.29, 0.717) is 44.4 Å². The first kappa shape index (κ1) is 24.9. The molecule has 8 heteroatoms. The molecule has 1 amide bonds. The molecule has 2 aromatic rings. The maximum atomic E-state index is 13.2. The van der Waals surface area contributed by atoms with E-state index in [1.807, 2.05) is 6.92 Å². The number of rotatable bonds is 8. The number of likely N-dealkylation sites (tertiary alicyclic amines) is 1. The number of hydrogen-bond donors (Lipinski definition) is 1. The third kappa shape index (κ3) is 5.55. The number of pyridine rings is 1. The second-order valence-corrected chi connectivity index (χ2v) is 9.41. The van der Waals surface area contributed by atoms with Gasteiger partial charge < -0.3 is 19.5 Å². The van der Waals surface area contributed by atoms with Gasteiger partial charge in [-0.2, -0.15) is 0 Å². The average molecular weight is 480 g/mol. The lowest BCUT2D eigenvalue weighted by Gasteiger charge is -2.31. The van der Waals surface area contributed by atoms with E-state index in [-0.39, 0.29) is 11.3 Å². The zero-order chi connectivity index (χ0) is 24.9. The number of amides is 1. The number of carbonyl (C=O) groups excluding carboxylic acids is 2. The lowest BCUT2D eigenvalue weighted by molar-refractivity contribution is -0.140. The summed E-state index contributed by atoms with van der Waals surface area (Å²) < 4.78 is 11.3. The van der Waals surface area contributed by atoms with Crippen molar-refractivity contribution in [2.45, 2.75) is 26.8 Å². The van der Waals surface area contributed by atoms with Gasteiger partial charge in [0.25, 0.3) is 11.7 Å². The van der Waals surface area contributed by atoms with Gasteiger partial charge in [-0.15, -0.1) is 0 Å². The van der Waals surface area contributed by atoms with Crippen molar-refractivity contribution in [1.29, 1.82) is 0 Å². The number of ether oxygens (including phenoxy) is 2. The average Bonchev–Trinajstić information content (AvgIpc) is 3.12. The van der Waals surface area contributed by atoms with E-state index in [4.69, 9.17) is 9.47 Å². The van der Waals surface area contributed by atoms with Crippen LogP contribution in [0.4, 0.5) is 0 Å². The van der Waals surface area contributed by atoms with Crippen LogP contribution < -0.4 is 4.74 Å². The molecule has 2 aliphatic rings. The fraction of sp³-hybridized carbons (Fsp3) is 0.444. The van der Waals surface area contributed by atoms with E-state index in [0.717, 1.165) is 30.0 Å². The first-order valence-electron chi connectivity index (χ1n) is 12.1. The van der Waals surface area contributed by atoms with Crippen LogP contribution in [-0.2, 0) is 14.3 Å². The Morgan fingerprint density at radius 2 is 1.86 bits per heavy atom. The second kappa shape index (κ2) is 11.0. The quantitative estimate of drug-likeness (QED) is 0.353. The van der Waals surface area contributed by atoms with Crippen LogP contribution in [0, 0.1) is 12.8 Å². The molecule has 8 nitrogen and oxygen atoms in total. The highest BCUT2D eigenvalue weighted by molar-refractivity contribution is 6.46. The highest BCUT2D eigenvalue weighted by Gasteiger charge is 2.46. The van der Waals surface area contributed by atoms with Gasteiger partial charge in [0.05, 0.1) is 31.4 Å². The van der Waals surface area contributed by atoms with Crippen LogP contribution in [0.15, 0.2) is 48.3 Å². The summed E-state index contributed by atoms with van der Waals surface area (Å²) in [5, 5.41) is 11.3. The summed E-state index contributed by atoms with van der Waals surface area (Å²) in [6.45, 7) is 10.5. The van der Waals surface area contributed by atoms with Gasteiger partial charge in [0.2, 0.25) is 0 Å². The molecule has 2 fully saturated rings. The summed E-state index contributed by atoms with van der Waals surface area (Å²) in [5.74, 6) is -0.347. The van der Waals surface area contributed by atoms with Crippen LogP contribution in [0.1, 0.15) is 36.6 Å². The summed E-state index contributed by atoms with van der Waals surface area (Å²) in [4.78, 5) is 34.2. The van der Waals surface area contributed by atoms with Gasteiger partial charge in [0.1, 0.15) is 11.5 Å². The summed E-state index contributed by atoms with van der Waals surface area (Å²) in [6, 6.07) is 8.18. The third-order valence-electron chi connectivity index (χ3n) is 6.34. The molecule has 0 radical (unpaired) electrons. The number of ketones is 1. The fourth-order valence-electron chi connectivity index (χ4n) is 4.45. The molecule has 0 aliphatic carbocycles. The number of aliphatic hydroxyl groups excluding tert-OH is 1. The molecule has 1 unspecified atom stereocenters. The lowest BCUT2D eigenvalue weighted by Crippen LogP contribution is -2.42. The number of morpholine rings is 1. The summed E-state index contributed by atoms with van der Waals surface area (Å²) in [5.41, 5.74) is 2.15. The van der Waals surface area contributed by atoms with Gasteiger partial charge in [0.15, 0.2) is 0 Å². The van der Waals surface area contributed by atoms with E-state index in [2.05, 4.69) is 23.7 Å². The Morgan fingerprint density at radius 3 is 2.51 bits per heavy atom. The monoisotopic (exact) mass is 479 g/mol.